The molecule has 5 rings (SSSR count). The van der Waals surface area contributed by atoms with Crippen molar-refractivity contribution in [3.05, 3.63) is 107 Å². The number of thiocarbonyl (C=S) groups is 1. The Labute approximate surface area is 221 Å². The molecule has 184 valence electrons. The Morgan fingerprint density at radius 3 is 2.50 bits per heavy atom. The van der Waals surface area contributed by atoms with E-state index >= 15 is 0 Å². The van der Waals surface area contributed by atoms with Gasteiger partial charge in [-0.1, -0.05) is 35.9 Å². The summed E-state index contributed by atoms with van der Waals surface area (Å²) in [6.45, 7) is 3.02. The molecule has 3 heterocycles. The van der Waals surface area contributed by atoms with Gasteiger partial charge in [0.25, 0.3) is 0 Å². The molecule has 0 radical (unpaired) electrons. The van der Waals surface area contributed by atoms with Crippen molar-refractivity contribution in [1.29, 1.82) is 0 Å². The van der Waals surface area contributed by atoms with Crippen LogP contribution in [0.3, 0.4) is 0 Å². The summed E-state index contributed by atoms with van der Waals surface area (Å²) in [5.41, 5.74) is 5.11. The minimum atomic E-state index is -0.169. The third kappa shape index (κ3) is 4.69. The van der Waals surface area contributed by atoms with E-state index in [4.69, 9.17) is 33.3 Å². The first kappa shape index (κ1) is 24.3. The zero-order valence-electron chi connectivity index (χ0n) is 20.1. The molecule has 6 nitrogen and oxygen atoms in total. The smallest absolute Gasteiger partial charge is 0.174 e. The number of hydrogen-bond donors (Lipinski definition) is 1. The van der Waals surface area contributed by atoms with Crippen LogP contribution in [0.5, 0.6) is 5.75 Å². The minimum absolute atomic E-state index is 0.160. The predicted octanol–water partition coefficient (Wildman–Crippen LogP) is 6.04. The van der Waals surface area contributed by atoms with Crippen molar-refractivity contribution in [2.45, 2.75) is 19.0 Å². The Morgan fingerprint density at radius 2 is 1.78 bits per heavy atom. The second-order valence-corrected chi connectivity index (χ2v) is 9.32. The van der Waals surface area contributed by atoms with Gasteiger partial charge in [0.05, 0.1) is 23.4 Å². The van der Waals surface area contributed by atoms with Crippen LogP contribution in [0.4, 0.5) is 5.69 Å². The van der Waals surface area contributed by atoms with Gasteiger partial charge in [-0.05, 0) is 73.7 Å². The highest BCUT2D eigenvalue weighted by atomic mass is 35.5. The first-order valence-electron chi connectivity index (χ1n) is 11.7. The number of para-hydroxylation sites is 1. The maximum absolute atomic E-state index is 6.64. The van der Waals surface area contributed by atoms with Crippen molar-refractivity contribution in [1.82, 2.24) is 14.9 Å². The predicted molar refractivity (Wildman–Crippen MR) is 147 cm³/mol. The number of nitrogens with one attached hydrogen (secondary N) is 1. The van der Waals surface area contributed by atoms with E-state index in [9.17, 15) is 0 Å². The second kappa shape index (κ2) is 10.7. The van der Waals surface area contributed by atoms with Gasteiger partial charge in [-0.3, -0.25) is 4.98 Å². The van der Waals surface area contributed by atoms with Crippen molar-refractivity contribution < 1.29 is 9.47 Å². The van der Waals surface area contributed by atoms with Crippen LogP contribution in [0, 0.1) is 6.92 Å². The van der Waals surface area contributed by atoms with Gasteiger partial charge in [0.2, 0.25) is 0 Å². The third-order valence-corrected chi connectivity index (χ3v) is 6.87. The first-order chi connectivity index (χ1) is 17.6. The summed E-state index contributed by atoms with van der Waals surface area (Å²) in [4.78, 5) is 6.78. The lowest BCUT2D eigenvalue weighted by Gasteiger charge is -2.29. The molecule has 1 aliphatic heterocycles. The third-order valence-electron chi connectivity index (χ3n) is 6.26. The molecule has 2 atom stereocenters. The molecular formula is C28H27ClN4O2S. The van der Waals surface area contributed by atoms with Gasteiger partial charge in [-0.2, -0.15) is 0 Å². The molecule has 1 aliphatic rings. The maximum atomic E-state index is 6.64. The molecule has 36 heavy (non-hydrogen) atoms. The fraction of sp³-hybridized carbons (Fsp3) is 0.214. The molecule has 0 unspecified atom stereocenters. The van der Waals surface area contributed by atoms with Gasteiger partial charge in [0.15, 0.2) is 5.11 Å². The molecule has 2 aromatic carbocycles. The molecular weight excluding hydrogens is 492 g/mol. The highest BCUT2D eigenvalue weighted by Gasteiger charge is 2.42. The standard InChI is InChI=1S/C28H27ClN4O2S/c1-19-11-13-24(32(19)20-8-4-3-5-9-20)27-26(23-10-6-7-15-30-23)31-28(36)33(27)21-12-14-25(22(29)18-21)35-17-16-34-2/h3-15,18,26-27H,16-17H2,1-2H3,(H,31,36)/t26-,27+/m1/s1. The number of nitrogens with zero attached hydrogens (tertiary/aromatic N) is 3. The van der Waals surface area contributed by atoms with E-state index < -0.39 is 0 Å². The summed E-state index contributed by atoms with van der Waals surface area (Å²) in [7, 11) is 1.64. The van der Waals surface area contributed by atoms with E-state index in [-0.39, 0.29) is 12.1 Å². The highest BCUT2D eigenvalue weighted by Crippen LogP contribution is 2.44. The van der Waals surface area contributed by atoms with E-state index in [1.54, 1.807) is 7.11 Å². The molecule has 0 saturated carbocycles. The van der Waals surface area contributed by atoms with Crippen molar-refractivity contribution in [2.24, 2.45) is 0 Å². The summed E-state index contributed by atoms with van der Waals surface area (Å²) in [5, 5.41) is 4.65. The van der Waals surface area contributed by atoms with Gasteiger partial charge in [-0.25, -0.2) is 0 Å². The minimum Gasteiger partial charge on any atom is -0.490 e. The lowest BCUT2D eigenvalue weighted by molar-refractivity contribution is 0.146. The fourth-order valence-electron chi connectivity index (χ4n) is 4.64. The van der Waals surface area contributed by atoms with Gasteiger partial charge in [-0.15, -0.1) is 0 Å². The number of halogens is 1. The molecule has 4 aromatic rings. The Hall–Kier alpha value is -3.39. The van der Waals surface area contributed by atoms with Crippen LogP contribution >= 0.6 is 23.8 Å². The van der Waals surface area contributed by atoms with Crippen molar-refractivity contribution in [2.75, 3.05) is 25.2 Å². The molecule has 8 heteroatoms. The Kier molecular flexibility index (Phi) is 7.23. The largest absolute Gasteiger partial charge is 0.490 e. The number of anilines is 1. The molecule has 0 amide bonds. The number of rotatable bonds is 8. The second-order valence-electron chi connectivity index (χ2n) is 8.52. The molecule has 0 aliphatic carbocycles. The van der Waals surface area contributed by atoms with Gasteiger partial charge < -0.3 is 24.3 Å². The number of aryl methyl sites for hydroxylation is 1. The van der Waals surface area contributed by atoms with E-state index in [0.717, 1.165) is 28.5 Å². The fourth-order valence-corrected chi connectivity index (χ4v) is 5.22. The lowest BCUT2D eigenvalue weighted by Crippen LogP contribution is -2.30. The van der Waals surface area contributed by atoms with Gasteiger partial charge in [0, 0.05) is 36.1 Å². The molecule has 1 N–H and O–H groups in total. The van der Waals surface area contributed by atoms with Crippen molar-refractivity contribution in [3.63, 3.8) is 0 Å². The summed E-state index contributed by atoms with van der Waals surface area (Å²) in [6, 6.07) is 26.0. The maximum Gasteiger partial charge on any atom is 0.174 e. The first-order valence-corrected chi connectivity index (χ1v) is 12.5. The molecule has 1 fully saturated rings. The molecule has 1 saturated heterocycles. The van der Waals surface area contributed by atoms with E-state index in [1.165, 1.54) is 0 Å². The van der Waals surface area contributed by atoms with Crippen LogP contribution in [0.1, 0.15) is 29.2 Å². The lowest BCUT2D eigenvalue weighted by atomic mass is 10.0. The van der Waals surface area contributed by atoms with Crippen molar-refractivity contribution >= 4 is 34.6 Å². The van der Waals surface area contributed by atoms with Crippen LogP contribution in [0.25, 0.3) is 5.69 Å². The van der Waals surface area contributed by atoms with E-state index in [2.05, 4.69) is 51.0 Å². The monoisotopic (exact) mass is 518 g/mol. The van der Waals surface area contributed by atoms with Crippen LogP contribution < -0.4 is 15.0 Å². The van der Waals surface area contributed by atoms with Crippen LogP contribution in [0.15, 0.2) is 85.1 Å². The molecule has 2 aromatic heterocycles. The summed E-state index contributed by atoms with van der Waals surface area (Å²) in [6.07, 6.45) is 1.81. The zero-order chi connectivity index (χ0) is 25.1. The van der Waals surface area contributed by atoms with Crippen LogP contribution in [0.2, 0.25) is 5.02 Å². The van der Waals surface area contributed by atoms with Crippen LogP contribution in [-0.2, 0) is 4.74 Å². The average Bonchev–Trinajstić information content (AvgIpc) is 3.45. The number of pyridine rings is 1. The summed E-state index contributed by atoms with van der Waals surface area (Å²) in [5.74, 6) is 0.608. The highest BCUT2D eigenvalue weighted by molar-refractivity contribution is 7.80. The average molecular weight is 519 g/mol. The zero-order valence-corrected chi connectivity index (χ0v) is 21.7. The number of aromatic nitrogens is 2. The van der Waals surface area contributed by atoms with E-state index in [0.29, 0.717) is 29.1 Å². The Morgan fingerprint density at radius 1 is 0.972 bits per heavy atom. The Bertz CT molecular complexity index is 1350. The molecule has 0 spiro atoms. The number of ether oxygens (including phenoxy) is 2. The topological polar surface area (TPSA) is 51.6 Å². The molecule has 0 bridgehead atoms. The number of benzene rings is 2. The normalized spacial score (nSPS) is 17.3. The quantitative estimate of drug-likeness (QED) is 0.227. The van der Waals surface area contributed by atoms with E-state index in [1.807, 2.05) is 60.8 Å². The van der Waals surface area contributed by atoms with Gasteiger partial charge >= 0.3 is 0 Å². The SMILES string of the molecule is COCCOc1ccc(N2C(=S)N[C@H](c3ccccn3)[C@@H]2c2ccc(C)n2-c2ccccc2)cc1Cl. The summed E-state index contributed by atoms with van der Waals surface area (Å²) >= 11 is 12.5. The summed E-state index contributed by atoms with van der Waals surface area (Å²) < 4.78 is 13.1. The van der Waals surface area contributed by atoms with Crippen LogP contribution in [-0.4, -0.2) is 35.0 Å². The Balaban J connectivity index is 1.61. The van der Waals surface area contributed by atoms with Gasteiger partial charge in [0.1, 0.15) is 18.4 Å². The van der Waals surface area contributed by atoms with Crippen molar-refractivity contribution in [3.8, 4) is 11.4 Å². The number of methoxy groups -OCH3 is 1. The number of hydrogen-bond acceptors (Lipinski definition) is 4.